The number of nitrogens with zero attached hydrogens (tertiary/aromatic N) is 1. The molecule has 0 atom stereocenters. The van der Waals surface area contributed by atoms with Gasteiger partial charge in [-0.3, -0.25) is 0 Å². The van der Waals surface area contributed by atoms with Crippen LogP contribution in [-0.4, -0.2) is 25.3 Å². The van der Waals surface area contributed by atoms with Crippen LogP contribution >= 0.6 is 23.2 Å². The van der Waals surface area contributed by atoms with Crippen LogP contribution in [0.3, 0.4) is 0 Å². The smallest absolute Gasteiger partial charge is 0.0654 e. The summed E-state index contributed by atoms with van der Waals surface area (Å²) >= 11 is 11.7. The number of benzene rings is 1. The Hall–Kier alpha value is -0.440. The second-order valence-electron chi connectivity index (χ2n) is 2.74. The summed E-state index contributed by atoms with van der Waals surface area (Å²) in [4.78, 5) is 1.87. The highest BCUT2D eigenvalue weighted by molar-refractivity contribution is 6.36. The molecule has 0 spiro atoms. The van der Waals surface area contributed by atoms with Gasteiger partial charge in [0.1, 0.15) is 0 Å². The first-order valence-corrected chi connectivity index (χ1v) is 4.68. The van der Waals surface area contributed by atoms with Gasteiger partial charge in [0.15, 0.2) is 0 Å². The summed E-state index contributed by atoms with van der Waals surface area (Å²) in [6.45, 7) is 0.663. The molecule has 1 rings (SSSR count). The first-order valence-electron chi connectivity index (χ1n) is 3.92. The van der Waals surface area contributed by atoms with Gasteiger partial charge in [-0.2, -0.15) is 0 Å². The molecule has 72 valence electrons. The van der Waals surface area contributed by atoms with Gasteiger partial charge in [0.2, 0.25) is 0 Å². The Labute approximate surface area is 87.7 Å². The Morgan fingerprint density at radius 3 is 2.62 bits per heavy atom. The van der Waals surface area contributed by atoms with Gasteiger partial charge in [0.05, 0.1) is 17.3 Å². The molecule has 0 radical (unpaired) electrons. The van der Waals surface area contributed by atoms with Gasteiger partial charge < -0.3 is 10.0 Å². The van der Waals surface area contributed by atoms with E-state index in [1.54, 1.807) is 12.1 Å². The Kier molecular flexibility index (Phi) is 3.85. The lowest BCUT2D eigenvalue weighted by molar-refractivity contribution is 0.304. The maximum atomic E-state index is 8.73. The highest BCUT2D eigenvalue weighted by Crippen LogP contribution is 2.27. The van der Waals surface area contributed by atoms with Crippen LogP contribution in [0.5, 0.6) is 0 Å². The van der Waals surface area contributed by atoms with Gasteiger partial charge in [-0.15, -0.1) is 0 Å². The van der Waals surface area contributed by atoms with Crippen molar-refractivity contribution in [1.82, 2.24) is 0 Å². The molecule has 1 aromatic carbocycles. The summed E-state index contributed by atoms with van der Waals surface area (Å²) in [5.74, 6) is 0. The molecule has 0 amide bonds. The van der Waals surface area contributed by atoms with E-state index in [1.807, 2.05) is 18.0 Å². The quantitative estimate of drug-likeness (QED) is 0.845. The van der Waals surface area contributed by atoms with E-state index in [1.165, 1.54) is 0 Å². The summed E-state index contributed by atoms with van der Waals surface area (Å²) in [5, 5.41) is 9.95. The number of rotatable bonds is 3. The monoisotopic (exact) mass is 219 g/mol. The van der Waals surface area contributed by atoms with Gasteiger partial charge in [-0.1, -0.05) is 23.2 Å². The van der Waals surface area contributed by atoms with Crippen LogP contribution in [0.1, 0.15) is 0 Å². The van der Waals surface area contributed by atoms with Crippen LogP contribution in [0.2, 0.25) is 10.0 Å². The largest absolute Gasteiger partial charge is 0.395 e. The lowest BCUT2D eigenvalue weighted by Gasteiger charge is -2.19. The number of halogens is 2. The van der Waals surface area contributed by atoms with Gasteiger partial charge in [-0.25, -0.2) is 0 Å². The normalized spacial score (nSPS) is 10.2. The zero-order chi connectivity index (χ0) is 9.84. The number of aliphatic hydroxyl groups excluding tert-OH is 1. The average Bonchev–Trinajstić information content (AvgIpc) is 2.04. The minimum Gasteiger partial charge on any atom is -0.395 e. The number of likely N-dealkylation sites (N-methyl/N-ethyl adjacent to an activating group) is 1. The lowest BCUT2D eigenvalue weighted by atomic mass is 10.3. The molecule has 0 aliphatic carbocycles. The molecule has 0 bridgehead atoms. The fraction of sp³-hybridized carbons (Fsp3) is 0.333. The van der Waals surface area contributed by atoms with Crippen molar-refractivity contribution >= 4 is 28.9 Å². The fourth-order valence-electron chi connectivity index (χ4n) is 1.06. The highest BCUT2D eigenvalue weighted by Gasteiger charge is 2.05. The molecular formula is C9H11Cl2NO. The first-order chi connectivity index (χ1) is 6.15. The van der Waals surface area contributed by atoms with Crippen LogP contribution in [-0.2, 0) is 0 Å². The maximum absolute atomic E-state index is 8.73. The van der Waals surface area contributed by atoms with Gasteiger partial charge >= 0.3 is 0 Å². The molecule has 0 aliphatic heterocycles. The maximum Gasteiger partial charge on any atom is 0.0654 e. The second-order valence-corrected chi connectivity index (χ2v) is 3.58. The summed E-state index contributed by atoms with van der Waals surface area (Å²) < 4.78 is 0. The van der Waals surface area contributed by atoms with E-state index in [4.69, 9.17) is 28.3 Å². The van der Waals surface area contributed by atoms with Crippen LogP contribution in [0, 0.1) is 0 Å². The molecule has 0 heterocycles. The van der Waals surface area contributed by atoms with Crippen LogP contribution in [0.15, 0.2) is 18.2 Å². The average molecular weight is 220 g/mol. The third-order valence-electron chi connectivity index (χ3n) is 1.76. The zero-order valence-corrected chi connectivity index (χ0v) is 8.81. The molecule has 2 nitrogen and oxygen atoms in total. The minimum absolute atomic E-state index is 0.107. The number of hydrogen-bond donors (Lipinski definition) is 1. The third kappa shape index (κ3) is 2.76. The van der Waals surface area contributed by atoms with E-state index in [-0.39, 0.29) is 6.61 Å². The first kappa shape index (κ1) is 10.6. The number of hydrogen-bond acceptors (Lipinski definition) is 2. The molecule has 13 heavy (non-hydrogen) atoms. The van der Waals surface area contributed by atoms with Gasteiger partial charge in [0.25, 0.3) is 0 Å². The van der Waals surface area contributed by atoms with Crippen molar-refractivity contribution in [3.8, 4) is 0 Å². The van der Waals surface area contributed by atoms with Crippen molar-refractivity contribution in [2.24, 2.45) is 0 Å². The van der Waals surface area contributed by atoms with Crippen molar-refractivity contribution in [3.63, 3.8) is 0 Å². The predicted octanol–water partition coefficient (Wildman–Crippen LogP) is 2.42. The second kappa shape index (κ2) is 4.70. The summed E-state index contributed by atoms with van der Waals surface area (Å²) in [5.41, 5.74) is 0.875. The molecule has 0 unspecified atom stereocenters. The molecule has 4 heteroatoms. The van der Waals surface area contributed by atoms with Crippen molar-refractivity contribution < 1.29 is 5.11 Å². The molecular weight excluding hydrogens is 209 g/mol. The molecule has 0 fully saturated rings. The molecule has 1 N–H and O–H groups in total. The molecule has 0 aromatic heterocycles. The molecule has 0 saturated carbocycles. The van der Waals surface area contributed by atoms with E-state index in [2.05, 4.69) is 0 Å². The van der Waals surface area contributed by atoms with Crippen molar-refractivity contribution in [3.05, 3.63) is 28.2 Å². The van der Waals surface area contributed by atoms with Crippen molar-refractivity contribution in [2.45, 2.75) is 0 Å². The van der Waals surface area contributed by atoms with E-state index in [0.717, 1.165) is 5.69 Å². The van der Waals surface area contributed by atoms with Crippen LogP contribution in [0.4, 0.5) is 5.69 Å². The highest BCUT2D eigenvalue weighted by atomic mass is 35.5. The molecule has 0 aliphatic rings. The predicted molar refractivity (Wildman–Crippen MR) is 56.8 cm³/mol. The molecule has 0 saturated heterocycles. The fourth-order valence-corrected chi connectivity index (χ4v) is 1.61. The van der Waals surface area contributed by atoms with E-state index >= 15 is 0 Å². The number of anilines is 1. The Balaban J connectivity index is 2.88. The summed E-state index contributed by atoms with van der Waals surface area (Å²) in [6.07, 6.45) is 0. The lowest BCUT2D eigenvalue weighted by Crippen LogP contribution is -2.21. The Bertz CT molecular complexity index is 291. The van der Waals surface area contributed by atoms with E-state index < -0.39 is 0 Å². The topological polar surface area (TPSA) is 23.5 Å². The van der Waals surface area contributed by atoms with Crippen LogP contribution < -0.4 is 4.90 Å². The SMILES string of the molecule is CN(CCO)c1ccc(Cl)cc1Cl. The van der Waals surface area contributed by atoms with Crippen molar-refractivity contribution in [1.29, 1.82) is 0 Å². The minimum atomic E-state index is 0.107. The van der Waals surface area contributed by atoms with Crippen LogP contribution in [0.25, 0.3) is 0 Å². The summed E-state index contributed by atoms with van der Waals surface area (Å²) in [6, 6.07) is 5.29. The van der Waals surface area contributed by atoms with Gasteiger partial charge in [-0.05, 0) is 18.2 Å². The third-order valence-corrected chi connectivity index (χ3v) is 2.29. The molecule has 1 aromatic rings. The summed E-state index contributed by atoms with van der Waals surface area (Å²) in [7, 11) is 1.87. The zero-order valence-electron chi connectivity index (χ0n) is 7.30. The van der Waals surface area contributed by atoms with Gasteiger partial charge in [0, 0.05) is 18.6 Å². The van der Waals surface area contributed by atoms with Crippen molar-refractivity contribution in [2.75, 3.05) is 25.1 Å². The van der Waals surface area contributed by atoms with E-state index in [0.29, 0.717) is 16.6 Å². The van der Waals surface area contributed by atoms with E-state index in [9.17, 15) is 0 Å². The standard InChI is InChI=1S/C9H11Cl2NO/c1-12(4-5-13)9-3-2-7(10)6-8(9)11/h2-3,6,13H,4-5H2,1H3. The Morgan fingerprint density at radius 2 is 2.08 bits per heavy atom. The number of aliphatic hydroxyl groups is 1. The Morgan fingerprint density at radius 1 is 1.38 bits per heavy atom.